The Kier molecular flexibility index (Phi) is 4.02. The lowest BCUT2D eigenvalue weighted by Crippen LogP contribution is -2.28. The van der Waals surface area contributed by atoms with E-state index >= 15 is 0 Å². The maximum absolute atomic E-state index is 9.76. The smallest absolute Gasteiger partial charge is 0.181 e. The van der Waals surface area contributed by atoms with E-state index in [2.05, 4.69) is 21.4 Å². The molecule has 1 fully saturated rings. The molecule has 7 heteroatoms. The third-order valence-corrected chi connectivity index (χ3v) is 5.73. The van der Waals surface area contributed by atoms with Gasteiger partial charge in [-0.05, 0) is 31.7 Å². The lowest BCUT2D eigenvalue weighted by atomic mass is 9.93. The van der Waals surface area contributed by atoms with Crippen LogP contribution in [0.4, 0.5) is 5.82 Å². The topological polar surface area (TPSA) is 78.2 Å². The molecule has 5 rings (SSSR count). The number of hydrogen-bond acceptors (Lipinski definition) is 4. The van der Waals surface area contributed by atoms with E-state index in [9.17, 15) is 5.11 Å². The highest BCUT2D eigenvalue weighted by Crippen LogP contribution is 2.35. The molecule has 0 radical (unpaired) electrons. The number of rotatable bonds is 3. The Bertz CT molecular complexity index is 1110. The van der Waals surface area contributed by atoms with Crippen molar-refractivity contribution in [3.8, 4) is 11.3 Å². The number of benzene rings is 1. The summed E-state index contributed by atoms with van der Waals surface area (Å²) in [4.78, 5) is 12.6. The van der Waals surface area contributed by atoms with Gasteiger partial charge in [-0.25, -0.2) is 9.97 Å². The van der Waals surface area contributed by atoms with Crippen LogP contribution in [0.3, 0.4) is 0 Å². The molecule has 138 valence electrons. The van der Waals surface area contributed by atoms with Gasteiger partial charge in [0.2, 0.25) is 0 Å². The van der Waals surface area contributed by atoms with Crippen LogP contribution in [-0.2, 0) is 0 Å². The molecule has 3 N–H and O–H groups in total. The monoisotopic (exact) mass is 381 g/mol. The maximum atomic E-state index is 9.76. The Balaban J connectivity index is 1.62. The van der Waals surface area contributed by atoms with Gasteiger partial charge in [0.1, 0.15) is 10.8 Å². The zero-order valence-corrected chi connectivity index (χ0v) is 15.4. The summed E-state index contributed by atoms with van der Waals surface area (Å²) in [7, 11) is 0. The molecule has 1 aliphatic rings. The highest BCUT2D eigenvalue weighted by Gasteiger charge is 2.23. The number of nitrogens with zero attached hydrogens (tertiary/aromatic N) is 3. The van der Waals surface area contributed by atoms with Crippen LogP contribution in [0.5, 0.6) is 0 Å². The van der Waals surface area contributed by atoms with Crippen molar-refractivity contribution in [3.63, 3.8) is 0 Å². The molecule has 0 amide bonds. The van der Waals surface area contributed by atoms with E-state index in [1.165, 1.54) is 0 Å². The van der Waals surface area contributed by atoms with E-state index in [-0.39, 0.29) is 12.1 Å². The Labute approximate surface area is 161 Å². The van der Waals surface area contributed by atoms with Gasteiger partial charge in [-0.15, -0.1) is 0 Å². The number of para-hydroxylation sites is 1. The van der Waals surface area contributed by atoms with Crippen molar-refractivity contribution in [1.29, 1.82) is 0 Å². The van der Waals surface area contributed by atoms with Gasteiger partial charge in [0.25, 0.3) is 0 Å². The fourth-order valence-electron chi connectivity index (χ4n) is 3.91. The number of fused-ring (bicyclic) bond motifs is 2. The van der Waals surface area contributed by atoms with E-state index in [4.69, 9.17) is 16.6 Å². The maximum Gasteiger partial charge on any atom is 0.181 e. The van der Waals surface area contributed by atoms with Gasteiger partial charge < -0.3 is 15.4 Å². The summed E-state index contributed by atoms with van der Waals surface area (Å²) in [6.07, 6.45) is 8.81. The molecule has 1 aliphatic carbocycles. The van der Waals surface area contributed by atoms with Crippen LogP contribution in [0.2, 0.25) is 5.15 Å². The summed E-state index contributed by atoms with van der Waals surface area (Å²) in [6.45, 7) is 0. The number of aromatic amines is 1. The van der Waals surface area contributed by atoms with Crippen molar-refractivity contribution in [2.45, 2.75) is 37.8 Å². The quantitative estimate of drug-likeness (QED) is 0.495. The molecule has 6 nitrogen and oxygen atoms in total. The van der Waals surface area contributed by atoms with Crippen LogP contribution < -0.4 is 5.32 Å². The molecular weight excluding hydrogens is 362 g/mol. The fraction of sp³-hybridized carbons (Fsp3) is 0.300. The Morgan fingerprint density at radius 1 is 1.19 bits per heavy atom. The first-order valence-corrected chi connectivity index (χ1v) is 9.62. The molecule has 0 atom stereocenters. The summed E-state index contributed by atoms with van der Waals surface area (Å²) in [5.41, 5.74) is 3.45. The van der Waals surface area contributed by atoms with Gasteiger partial charge in [-0.2, -0.15) is 0 Å². The minimum atomic E-state index is -0.186. The van der Waals surface area contributed by atoms with Crippen molar-refractivity contribution < 1.29 is 5.11 Å². The van der Waals surface area contributed by atoms with E-state index < -0.39 is 0 Å². The van der Waals surface area contributed by atoms with Crippen LogP contribution in [0.25, 0.3) is 27.8 Å². The number of imidazole rings is 1. The molecular formula is C20H20ClN5O. The third kappa shape index (κ3) is 2.85. The average Bonchev–Trinajstić information content (AvgIpc) is 3.33. The second-order valence-corrected chi connectivity index (χ2v) is 7.48. The largest absolute Gasteiger partial charge is 0.393 e. The Morgan fingerprint density at radius 3 is 2.85 bits per heavy atom. The minimum Gasteiger partial charge on any atom is -0.393 e. The first-order chi connectivity index (χ1) is 13.2. The molecule has 3 heterocycles. The van der Waals surface area contributed by atoms with E-state index in [0.717, 1.165) is 59.3 Å². The molecule has 0 spiro atoms. The molecule has 0 unspecified atom stereocenters. The summed E-state index contributed by atoms with van der Waals surface area (Å²) in [5.74, 6) is 0.728. The number of aromatic nitrogens is 4. The molecule has 0 bridgehead atoms. The number of halogens is 1. The van der Waals surface area contributed by atoms with Crippen LogP contribution >= 0.6 is 11.6 Å². The van der Waals surface area contributed by atoms with Crippen molar-refractivity contribution in [3.05, 3.63) is 48.0 Å². The second kappa shape index (κ2) is 6.55. The summed E-state index contributed by atoms with van der Waals surface area (Å²) in [6, 6.07) is 8.39. The van der Waals surface area contributed by atoms with Crippen molar-refractivity contribution in [2.24, 2.45) is 0 Å². The van der Waals surface area contributed by atoms with Crippen molar-refractivity contribution >= 4 is 34.0 Å². The van der Waals surface area contributed by atoms with Gasteiger partial charge in [0, 0.05) is 41.1 Å². The average molecular weight is 382 g/mol. The summed E-state index contributed by atoms with van der Waals surface area (Å²) < 4.78 is 1.87. The van der Waals surface area contributed by atoms with Crippen molar-refractivity contribution in [2.75, 3.05) is 5.32 Å². The molecule has 4 aromatic rings. The SMILES string of the molecule is O[C@H]1CC[C@H](Nc2nc(-c3c[nH]c4ccccc34)c(Cl)n3ccnc23)CC1. The molecule has 27 heavy (non-hydrogen) atoms. The molecule has 0 aliphatic heterocycles. The van der Waals surface area contributed by atoms with Crippen LogP contribution in [0, 0.1) is 0 Å². The lowest BCUT2D eigenvalue weighted by molar-refractivity contribution is 0.126. The summed E-state index contributed by atoms with van der Waals surface area (Å²) >= 11 is 6.69. The van der Waals surface area contributed by atoms with Crippen LogP contribution in [-0.4, -0.2) is 36.6 Å². The molecule has 1 aromatic carbocycles. The van der Waals surface area contributed by atoms with E-state index in [1.54, 1.807) is 6.20 Å². The van der Waals surface area contributed by atoms with Crippen LogP contribution in [0.15, 0.2) is 42.9 Å². The number of nitrogens with one attached hydrogen (secondary N) is 2. The first kappa shape index (κ1) is 16.6. The number of anilines is 1. The van der Waals surface area contributed by atoms with Gasteiger partial charge in [-0.3, -0.25) is 4.40 Å². The lowest BCUT2D eigenvalue weighted by Gasteiger charge is -2.27. The summed E-state index contributed by atoms with van der Waals surface area (Å²) in [5, 5.41) is 14.9. The minimum absolute atomic E-state index is 0.186. The Hall–Kier alpha value is -2.57. The fourth-order valence-corrected chi connectivity index (χ4v) is 4.19. The van der Waals surface area contributed by atoms with Crippen molar-refractivity contribution in [1.82, 2.24) is 19.4 Å². The number of H-pyrrole nitrogens is 1. The molecule has 3 aromatic heterocycles. The predicted octanol–water partition coefficient (Wildman–Crippen LogP) is 4.25. The third-order valence-electron chi connectivity index (χ3n) is 5.36. The van der Waals surface area contributed by atoms with E-state index in [1.807, 2.05) is 35.0 Å². The van der Waals surface area contributed by atoms with Gasteiger partial charge in [-0.1, -0.05) is 29.8 Å². The van der Waals surface area contributed by atoms with E-state index in [0.29, 0.717) is 5.15 Å². The second-order valence-electron chi connectivity index (χ2n) is 7.12. The number of aliphatic hydroxyl groups is 1. The molecule has 1 saturated carbocycles. The Morgan fingerprint density at radius 2 is 2.00 bits per heavy atom. The predicted molar refractivity (Wildman–Crippen MR) is 107 cm³/mol. The number of aliphatic hydroxyl groups excluding tert-OH is 1. The zero-order chi connectivity index (χ0) is 18.4. The van der Waals surface area contributed by atoms with Crippen LogP contribution in [0.1, 0.15) is 25.7 Å². The van der Waals surface area contributed by atoms with Gasteiger partial charge in [0.15, 0.2) is 11.5 Å². The molecule has 0 saturated heterocycles. The zero-order valence-electron chi connectivity index (χ0n) is 14.7. The standard InChI is InChI=1S/C20H20ClN5O/c21-18-17(15-11-23-16-4-2-1-3-14(15)16)25-19(20-22-9-10-26(18)20)24-12-5-7-13(27)8-6-12/h1-4,9-13,23,27H,5-8H2,(H,24,25)/t12-,13-. The number of hydrogen-bond donors (Lipinski definition) is 3. The van der Waals surface area contributed by atoms with Gasteiger partial charge >= 0.3 is 0 Å². The highest BCUT2D eigenvalue weighted by molar-refractivity contribution is 6.32. The first-order valence-electron chi connectivity index (χ1n) is 9.24. The highest BCUT2D eigenvalue weighted by atomic mass is 35.5. The van der Waals surface area contributed by atoms with Gasteiger partial charge in [0.05, 0.1) is 6.10 Å². The normalized spacial score (nSPS) is 20.4.